The summed E-state index contributed by atoms with van der Waals surface area (Å²) in [5.41, 5.74) is 1.79. The van der Waals surface area contributed by atoms with Gasteiger partial charge < -0.3 is 5.32 Å². The molecular weight excluding hydrogens is 254 g/mol. The molecule has 6 atom stereocenters. The summed E-state index contributed by atoms with van der Waals surface area (Å²) < 4.78 is 0. The zero-order valence-corrected chi connectivity index (χ0v) is 14.3. The van der Waals surface area contributed by atoms with Crippen molar-refractivity contribution in [2.45, 2.75) is 59.4 Å². The Morgan fingerprint density at radius 1 is 1.29 bits per heavy atom. The van der Waals surface area contributed by atoms with Gasteiger partial charge in [-0.3, -0.25) is 0 Å². The average molecular weight is 287 g/mol. The van der Waals surface area contributed by atoms with Crippen LogP contribution in [0, 0.1) is 35.5 Å². The molecule has 1 saturated carbocycles. The minimum absolute atomic E-state index is 0.650. The van der Waals surface area contributed by atoms with Gasteiger partial charge in [0.15, 0.2) is 0 Å². The molecule has 3 aliphatic rings. The summed E-state index contributed by atoms with van der Waals surface area (Å²) in [6.45, 7) is 10.8. The summed E-state index contributed by atoms with van der Waals surface area (Å²) in [4.78, 5) is 0. The molecule has 0 radical (unpaired) electrons. The maximum atomic E-state index is 3.92. The topological polar surface area (TPSA) is 12.0 Å². The van der Waals surface area contributed by atoms with E-state index in [0.717, 1.165) is 35.5 Å². The van der Waals surface area contributed by atoms with Crippen molar-refractivity contribution < 1.29 is 0 Å². The molecule has 0 aromatic heterocycles. The molecule has 3 rings (SSSR count). The van der Waals surface area contributed by atoms with Gasteiger partial charge >= 0.3 is 0 Å². The maximum Gasteiger partial charge on any atom is 0.00758 e. The van der Waals surface area contributed by atoms with Gasteiger partial charge in [-0.05, 0) is 74.7 Å². The molecule has 1 N–H and O–H groups in total. The second-order valence-corrected chi connectivity index (χ2v) is 8.13. The molecule has 0 heterocycles. The van der Waals surface area contributed by atoms with Crippen molar-refractivity contribution in [2.24, 2.45) is 35.5 Å². The highest BCUT2D eigenvalue weighted by Gasteiger charge is 2.38. The summed E-state index contributed by atoms with van der Waals surface area (Å²) >= 11 is 0. The highest BCUT2D eigenvalue weighted by atomic mass is 14.9. The quantitative estimate of drug-likeness (QED) is 0.716. The summed E-state index contributed by atoms with van der Waals surface area (Å²) in [6, 6.07) is 0.650. The Labute approximate surface area is 131 Å². The molecule has 0 spiro atoms. The summed E-state index contributed by atoms with van der Waals surface area (Å²) in [7, 11) is 0. The number of fused-ring (bicyclic) bond motifs is 1. The number of nitrogens with one attached hydrogen (secondary N) is 1. The summed E-state index contributed by atoms with van der Waals surface area (Å²) in [5.74, 6) is 5.00. The zero-order valence-electron chi connectivity index (χ0n) is 14.3. The Kier molecular flexibility index (Phi) is 4.59. The number of rotatable bonds is 5. The molecule has 0 aromatic carbocycles. The van der Waals surface area contributed by atoms with E-state index in [1.165, 1.54) is 32.2 Å². The second-order valence-electron chi connectivity index (χ2n) is 8.13. The molecule has 6 unspecified atom stereocenters. The zero-order chi connectivity index (χ0) is 15.0. The van der Waals surface area contributed by atoms with E-state index in [2.05, 4.69) is 51.2 Å². The van der Waals surface area contributed by atoms with Gasteiger partial charge in [0.05, 0.1) is 0 Å². The summed E-state index contributed by atoms with van der Waals surface area (Å²) in [6.07, 6.45) is 12.8. The highest BCUT2D eigenvalue weighted by Crippen LogP contribution is 2.47. The third-order valence-corrected chi connectivity index (χ3v) is 6.46. The van der Waals surface area contributed by atoms with Gasteiger partial charge in [-0.2, -0.15) is 0 Å². The van der Waals surface area contributed by atoms with Gasteiger partial charge in [0.2, 0.25) is 0 Å². The van der Waals surface area contributed by atoms with Gasteiger partial charge in [-0.1, -0.05) is 44.6 Å². The molecule has 1 nitrogen and oxygen atoms in total. The predicted octanol–water partition coefficient (Wildman–Crippen LogP) is 4.81. The molecule has 0 saturated heterocycles. The average Bonchev–Trinajstić information content (AvgIpc) is 3.14. The number of allylic oxidation sites excluding steroid dienone is 4. The minimum atomic E-state index is 0.650. The fourth-order valence-electron chi connectivity index (χ4n) is 5.24. The molecule has 0 aromatic rings. The van der Waals surface area contributed by atoms with Crippen LogP contribution in [-0.2, 0) is 0 Å². The molecular formula is C20H33N. The number of hydrogen-bond acceptors (Lipinski definition) is 1. The first kappa shape index (κ1) is 15.3. The van der Waals surface area contributed by atoms with Crippen molar-refractivity contribution in [2.75, 3.05) is 6.54 Å². The maximum absolute atomic E-state index is 3.92. The van der Waals surface area contributed by atoms with Crippen LogP contribution in [0.3, 0.4) is 0 Å². The van der Waals surface area contributed by atoms with Crippen LogP contribution in [0.2, 0.25) is 0 Å². The Morgan fingerprint density at radius 2 is 2.10 bits per heavy atom. The smallest absolute Gasteiger partial charge is 0.00758 e. The van der Waals surface area contributed by atoms with Crippen LogP contribution in [0.25, 0.3) is 0 Å². The van der Waals surface area contributed by atoms with Crippen LogP contribution in [0.4, 0.5) is 0 Å². The third-order valence-electron chi connectivity index (χ3n) is 6.46. The van der Waals surface area contributed by atoms with E-state index in [0.29, 0.717) is 6.04 Å². The Hall–Kier alpha value is -0.560. The highest BCUT2D eigenvalue weighted by molar-refractivity contribution is 5.21. The van der Waals surface area contributed by atoms with Crippen molar-refractivity contribution in [3.8, 4) is 0 Å². The van der Waals surface area contributed by atoms with Gasteiger partial charge in [-0.25, -0.2) is 0 Å². The lowest BCUT2D eigenvalue weighted by molar-refractivity contribution is 0.249. The van der Waals surface area contributed by atoms with E-state index in [1.807, 2.05) is 0 Å². The van der Waals surface area contributed by atoms with Crippen LogP contribution in [0.1, 0.15) is 53.4 Å². The molecule has 118 valence electrons. The van der Waals surface area contributed by atoms with Crippen LogP contribution in [-0.4, -0.2) is 12.6 Å². The van der Waals surface area contributed by atoms with Crippen molar-refractivity contribution in [1.82, 2.24) is 5.32 Å². The standard InChI is InChI=1S/C20H33N/c1-13(2)17-7-5-9-19(17)15(4)21-12-16-11-14(3)18-8-6-10-20(16)18/h5,7-8,13-17,19-21H,6,9-12H2,1-4H3. The molecule has 0 bridgehead atoms. The fourth-order valence-corrected chi connectivity index (χ4v) is 5.24. The lowest BCUT2D eigenvalue weighted by Crippen LogP contribution is -2.40. The van der Waals surface area contributed by atoms with E-state index in [-0.39, 0.29) is 0 Å². The molecule has 21 heavy (non-hydrogen) atoms. The van der Waals surface area contributed by atoms with Gasteiger partial charge in [0, 0.05) is 6.04 Å². The lowest BCUT2D eigenvalue weighted by atomic mass is 9.81. The van der Waals surface area contributed by atoms with Crippen molar-refractivity contribution in [1.29, 1.82) is 0 Å². The first-order chi connectivity index (χ1) is 10.1. The van der Waals surface area contributed by atoms with Crippen LogP contribution < -0.4 is 5.32 Å². The Morgan fingerprint density at radius 3 is 2.86 bits per heavy atom. The lowest BCUT2D eigenvalue weighted by Gasteiger charge is -2.30. The van der Waals surface area contributed by atoms with Gasteiger partial charge in [-0.15, -0.1) is 0 Å². The Balaban J connectivity index is 1.52. The van der Waals surface area contributed by atoms with E-state index in [4.69, 9.17) is 0 Å². The van der Waals surface area contributed by atoms with Crippen molar-refractivity contribution in [3.63, 3.8) is 0 Å². The monoisotopic (exact) mass is 287 g/mol. The molecule has 0 aliphatic heterocycles. The van der Waals surface area contributed by atoms with E-state index < -0.39 is 0 Å². The fraction of sp³-hybridized carbons (Fsp3) is 0.800. The van der Waals surface area contributed by atoms with E-state index in [1.54, 1.807) is 5.57 Å². The third kappa shape index (κ3) is 2.99. The summed E-state index contributed by atoms with van der Waals surface area (Å²) in [5, 5.41) is 3.92. The molecule has 1 heteroatoms. The first-order valence-corrected chi connectivity index (χ1v) is 9.18. The number of hydrogen-bond donors (Lipinski definition) is 1. The molecule has 0 amide bonds. The first-order valence-electron chi connectivity index (χ1n) is 9.18. The molecule has 1 fully saturated rings. The molecule has 3 aliphatic carbocycles. The Bertz CT molecular complexity index is 420. The van der Waals surface area contributed by atoms with Crippen LogP contribution in [0.5, 0.6) is 0 Å². The van der Waals surface area contributed by atoms with Gasteiger partial charge in [0.1, 0.15) is 0 Å². The normalized spacial score (nSPS) is 39.9. The second kappa shape index (κ2) is 6.28. The van der Waals surface area contributed by atoms with E-state index >= 15 is 0 Å². The van der Waals surface area contributed by atoms with Crippen molar-refractivity contribution in [3.05, 3.63) is 23.8 Å². The van der Waals surface area contributed by atoms with E-state index in [9.17, 15) is 0 Å². The van der Waals surface area contributed by atoms with Crippen LogP contribution in [0.15, 0.2) is 23.8 Å². The van der Waals surface area contributed by atoms with Crippen LogP contribution >= 0.6 is 0 Å². The predicted molar refractivity (Wildman–Crippen MR) is 91.1 cm³/mol. The SMILES string of the molecule is CC1CC(CNC(C)C2CC=CC2C(C)C)C2CCC=C12. The minimum Gasteiger partial charge on any atom is -0.314 e. The van der Waals surface area contributed by atoms with Crippen molar-refractivity contribution >= 4 is 0 Å². The largest absolute Gasteiger partial charge is 0.314 e. The van der Waals surface area contributed by atoms with Gasteiger partial charge in [0.25, 0.3) is 0 Å².